The number of rotatable bonds is 10. The third kappa shape index (κ3) is 6.96. The summed E-state index contributed by atoms with van der Waals surface area (Å²) in [6, 6.07) is 14.5. The van der Waals surface area contributed by atoms with Gasteiger partial charge < -0.3 is 0 Å². The molecule has 0 aliphatic heterocycles. The van der Waals surface area contributed by atoms with Crippen LogP contribution in [0.5, 0.6) is 11.5 Å². The van der Waals surface area contributed by atoms with Gasteiger partial charge >= 0.3 is 177 Å². The standard InChI is InChI=1S/2C9H10O3.2C2H5.Sn/c2*1-12-8-4-2-7(3-5-8)6-9(10)11;2*1-2;/h2*2-5H,6H2,1H3,(H,10,11);2*1H2,2H3;/q;;;;+2/p-2. The molecule has 0 saturated heterocycles. The van der Waals surface area contributed by atoms with Gasteiger partial charge in [0.2, 0.25) is 0 Å². The van der Waals surface area contributed by atoms with Crippen LogP contribution in [0, 0.1) is 0 Å². The SMILES string of the molecule is C[CH2][Sn]([CH2]C)([O]C(=O)Cc1ccc(OC)cc1)[O]C(=O)Cc1ccc(OC)cc1. The first-order valence-corrected chi connectivity index (χ1v) is 16.0. The van der Waals surface area contributed by atoms with E-state index in [0.717, 1.165) is 22.6 Å². The molecule has 0 unspecified atom stereocenters. The van der Waals surface area contributed by atoms with Gasteiger partial charge in [0.15, 0.2) is 0 Å². The molecule has 0 heterocycles. The van der Waals surface area contributed by atoms with Crippen LogP contribution in [0.2, 0.25) is 8.87 Å². The molecule has 0 bridgehead atoms. The summed E-state index contributed by atoms with van der Waals surface area (Å²) in [6.45, 7) is 3.84. The van der Waals surface area contributed by atoms with Gasteiger partial charge in [-0.3, -0.25) is 0 Å². The molecular weight excluding hydrogens is 479 g/mol. The zero-order chi connectivity index (χ0) is 21.3. The minimum atomic E-state index is -3.83. The van der Waals surface area contributed by atoms with Crippen LogP contribution in [0.15, 0.2) is 48.5 Å². The maximum absolute atomic E-state index is 12.5. The molecule has 0 N–H and O–H groups in total. The first-order valence-electron chi connectivity index (χ1n) is 9.63. The first-order chi connectivity index (χ1) is 13.9. The van der Waals surface area contributed by atoms with Crippen molar-refractivity contribution in [1.29, 1.82) is 0 Å². The molecule has 0 spiro atoms. The van der Waals surface area contributed by atoms with Crippen molar-refractivity contribution in [2.45, 2.75) is 35.6 Å². The zero-order valence-electron chi connectivity index (χ0n) is 17.4. The molecule has 29 heavy (non-hydrogen) atoms. The molecule has 2 aromatic rings. The number of carbonyl (C=O) groups excluding carboxylic acids is 2. The zero-order valence-corrected chi connectivity index (χ0v) is 20.3. The minimum absolute atomic E-state index is 0.138. The summed E-state index contributed by atoms with van der Waals surface area (Å²) in [6.07, 6.45) is 0.275. The van der Waals surface area contributed by atoms with Gasteiger partial charge in [-0.15, -0.1) is 0 Å². The van der Waals surface area contributed by atoms with E-state index in [1.54, 1.807) is 38.5 Å². The molecule has 0 fully saturated rings. The number of hydrogen-bond acceptors (Lipinski definition) is 6. The Labute approximate surface area is 177 Å². The van der Waals surface area contributed by atoms with E-state index >= 15 is 0 Å². The monoisotopic (exact) mass is 508 g/mol. The summed E-state index contributed by atoms with van der Waals surface area (Å²) in [4.78, 5) is 25.0. The van der Waals surface area contributed by atoms with Gasteiger partial charge in [-0.25, -0.2) is 0 Å². The molecule has 0 aromatic heterocycles. The molecule has 0 radical (unpaired) electrons. The van der Waals surface area contributed by atoms with Crippen LogP contribution in [0.4, 0.5) is 0 Å². The molecule has 0 amide bonds. The quantitative estimate of drug-likeness (QED) is 0.452. The van der Waals surface area contributed by atoms with E-state index in [-0.39, 0.29) is 24.8 Å². The van der Waals surface area contributed by atoms with Crippen molar-refractivity contribution < 1.29 is 25.2 Å². The molecule has 6 nitrogen and oxygen atoms in total. The Balaban J connectivity index is 1.98. The molecule has 0 aliphatic rings. The van der Waals surface area contributed by atoms with Crippen molar-refractivity contribution in [3.8, 4) is 11.5 Å². The van der Waals surface area contributed by atoms with Gasteiger partial charge in [-0.1, -0.05) is 0 Å². The summed E-state index contributed by atoms with van der Waals surface area (Å²) in [5.41, 5.74) is 1.65. The van der Waals surface area contributed by atoms with Crippen LogP contribution in [0.3, 0.4) is 0 Å². The predicted molar refractivity (Wildman–Crippen MR) is 112 cm³/mol. The van der Waals surface area contributed by atoms with Crippen LogP contribution in [0.1, 0.15) is 25.0 Å². The Kier molecular flexibility index (Phi) is 8.82. The van der Waals surface area contributed by atoms with Gasteiger partial charge in [0, 0.05) is 0 Å². The maximum atomic E-state index is 12.5. The van der Waals surface area contributed by atoms with Gasteiger partial charge in [0.05, 0.1) is 0 Å². The summed E-state index contributed by atoms with van der Waals surface area (Å²) in [7, 11) is 3.18. The molecule has 7 heteroatoms. The second-order valence-electron chi connectivity index (χ2n) is 6.62. The van der Waals surface area contributed by atoms with E-state index in [1.807, 2.05) is 38.1 Å². The molecule has 0 saturated carbocycles. The Hall–Kier alpha value is -2.22. The molecular formula is C22H28O6Sn. The van der Waals surface area contributed by atoms with Gasteiger partial charge in [-0.05, 0) is 0 Å². The number of benzene rings is 2. The summed E-state index contributed by atoms with van der Waals surface area (Å²) < 4.78 is 23.0. The van der Waals surface area contributed by atoms with E-state index < -0.39 is 19.2 Å². The second kappa shape index (κ2) is 11.1. The predicted octanol–water partition coefficient (Wildman–Crippen LogP) is 4.06. The Morgan fingerprint density at radius 1 is 0.690 bits per heavy atom. The van der Waals surface area contributed by atoms with E-state index in [0.29, 0.717) is 8.87 Å². The van der Waals surface area contributed by atoms with Crippen LogP contribution < -0.4 is 9.47 Å². The van der Waals surface area contributed by atoms with Gasteiger partial charge in [-0.2, -0.15) is 0 Å². The van der Waals surface area contributed by atoms with Crippen molar-refractivity contribution in [2.24, 2.45) is 0 Å². The fraction of sp³-hybridized carbons (Fsp3) is 0.364. The Bertz CT molecular complexity index is 732. The number of methoxy groups -OCH3 is 2. The Morgan fingerprint density at radius 3 is 1.31 bits per heavy atom. The van der Waals surface area contributed by atoms with E-state index in [2.05, 4.69) is 0 Å². The van der Waals surface area contributed by atoms with Gasteiger partial charge in [0.1, 0.15) is 0 Å². The molecule has 2 rings (SSSR count). The third-order valence-corrected chi connectivity index (χ3v) is 14.3. The summed E-state index contributed by atoms with van der Waals surface area (Å²) in [5.74, 6) is 0.745. The third-order valence-electron chi connectivity index (χ3n) is 4.69. The van der Waals surface area contributed by atoms with Crippen LogP contribution in [-0.4, -0.2) is 45.4 Å². The first kappa shape index (κ1) is 23.1. The summed E-state index contributed by atoms with van der Waals surface area (Å²) in [5, 5.41) is 0. The number of carbonyl (C=O) groups is 2. The van der Waals surface area contributed by atoms with E-state index in [1.165, 1.54) is 0 Å². The second-order valence-corrected chi connectivity index (χ2v) is 17.0. The van der Waals surface area contributed by atoms with E-state index in [9.17, 15) is 9.59 Å². The van der Waals surface area contributed by atoms with E-state index in [4.69, 9.17) is 15.6 Å². The molecule has 0 aliphatic carbocycles. The summed E-state index contributed by atoms with van der Waals surface area (Å²) >= 11 is -3.83. The molecule has 0 atom stereocenters. The average Bonchev–Trinajstić information content (AvgIpc) is 2.74. The van der Waals surface area contributed by atoms with Crippen molar-refractivity contribution in [3.05, 3.63) is 59.7 Å². The van der Waals surface area contributed by atoms with Crippen LogP contribution >= 0.6 is 0 Å². The van der Waals surface area contributed by atoms with Crippen LogP contribution in [-0.2, 0) is 28.6 Å². The van der Waals surface area contributed by atoms with Crippen molar-refractivity contribution in [3.63, 3.8) is 0 Å². The Morgan fingerprint density at radius 2 is 1.03 bits per heavy atom. The normalized spacial score (nSPS) is 10.9. The van der Waals surface area contributed by atoms with Crippen LogP contribution in [0.25, 0.3) is 0 Å². The fourth-order valence-corrected chi connectivity index (χ4v) is 8.84. The van der Waals surface area contributed by atoms with Crippen molar-refractivity contribution in [1.82, 2.24) is 0 Å². The molecule has 2 aromatic carbocycles. The molecule has 156 valence electrons. The number of ether oxygens (including phenoxy) is 2. The fourth-order valence-electron chi connectivity index (χ4n) is 2.87. The topological polar surface area (TPSA) is 71.1 Å². The van der Waals surface area contributed by atoms with Crippen molar-refractivity contribution in [2.75, 3.05) is 14.2 Å². The van der Waals surface area contributed by atoms with Gasteiger partial charge in [0.25, 0.3) is 0 Å². The number of hydrogen-bond donors (Lipinski definition) is 0. The van der Waals surface area contributed by atoms with Crippen molar-refractivity contribution >= 4 is 31.1 Å². The average molecular weight is 507 g/mol.